The molecule has 200 valence electrons. The maximum Gasteiger partial charge on any atom is 0.516 e. The first-order valence-electron chi connectivity index (χ1n) is 11.9. The van der Waals surface area contributed by atoms with E-state index < -0.39 is 21.4 Å². The fraction of sp³-hybridized carbons (Fsp3) is 0.222. The maximum absolute atomic E-state index is 13.1. The molecule has 3 N–H and O–H groups in total. The first-order valence-corrected chi connectivity index (χ1v) is 13.4. The lowest BCUT2D eigenvalue weighted by molar-refractivity contribution is -0.110. The van der Waals surface area contributed by atoms with Crippen molar-refractivity contribution in [1.29, 1.82) is 0 Å². The molecule has 11 heteroatoms. The SMILES string of the molecule is CCN(CC)Cc1ccc(N/C(=C2/C(=O)Nc3ccc(NS(=O)(=O)C(F)(F)F)cc32)c2ccccc2)cc1. The number of halogens is 3. The summed E-state index contributed by atoms with van der Waals surface area (Å²) in [6.07, 6.45) is 0. The Morgan fingerprint density at radius 2 is 1.55 bits per heavy atom. The summed E-state index contributed by atoms with van der Waals surface area (Å²) >= 11 is 0. The fourth-order valence-electron chi connectivity index (χ4n) is 4.12. The van der Waals surface area contributed by atoms with E-state index >= 15 is 0 Å². The molecule has 1 heterocycles. The van der Waals surface area contributed by atoms with Crippen molar-refractivity contribution >= 4 is 44.3 Å². The number of amides is 1. The number of hydrogen-bond donors (Lipinski definition) is 3. The lowest BCUT2D eigenvalue weighted by Gasteiger charge is -2.19. The van der Waals surface area contributed by atoms with Gasteiger partial charge in [0.05, 0.1) is 11.3 Å². The zero-order valence-corrected chi connectivity index (χ0v) is 21.6. The van der Waals surface area contributed by atoms with Gasteiger partial charge in [-0.25, -0.2) is 0 Å². The van der Waals surface area contributed by atoms with E-state index in [1.165, 1.54) is 12.1 Å². The lowest BCUT2D eigenvalue weighted by atomic mass is 9.99. The van der Waals surface area contributed by atoms with E-state index in [4.69, 9.17) is 0 Å². The van der Waals surface area contributed by atoms with Crippen LogP contribution in [0, 0.1) is 0 Å². The minimum absolute atomic E-state index is 0.173. The number of rotatable bonds is 9. The number of benzene rings is 3. The topological polar surface area (TPSA) is 90.5 Å². The van der Waals surface area contributed by atoms with Gasteiger partial charge in [-0.3, -0.25) is 14.4 Å². The molecule has 0 unspecified atom stereocenters. The Bertz CT molecular complexity index is 1450. The van der Waals surface area contributed by atoms with Crippen LogP contribution in [0.3, 0.4) is 0 Å². The Morgan fingerprint density at radius 1 is 0.921 bits per heavy atom. The van der Waals surface area contributed by atoms with Crippen LogP contribution in [-0.2, 0) is 21.4 Å². The normalized spacial score (nSPS) is 14.7. The summed E-state index contributed by atoms with van der Waals surface area (Å²) < 4.78 is 63.6. The second-order valence-electron chi connectivity index (χ2n) is 8.67. The molecule has 0 saturated heterocycles. The molecule has 0 aromatic heterocycles. The summed E-state index contributed by atoms with van der Waals surface area (Å²) in [6.45, 7) is 6.85. The van der Waals surface area contributed by atoms with Crippen LogP contribution in [0.2, 0.25) is 0 Å². The highest BCUT2D eigenvalue weighted by atomic mass is 32.2. The van der Waals surface area contributed by atoms with Gasteiger partial charge in [0.2, 0.25) is 0 Å². The van der Waals surface area contributed by atoms with E-state index in [1.807, 2.05) is 30.3 Å². The van der Waals surface area contributed by atoms with Crippen LogP contribution in [0.5, 0.6) is 0 Å². The Kier molecular flexibility index (Phi) is 7.79. The molecule has 0 radical (unpaired) electrons. The molecule has 3 aromatic rings. The number of hydrogen-bond acceptors (Lipinski definition) is 5. The quantitative estimate of drug-likeness (QED) is 0.300. The first-order chi connectivity index (χ1) is 18.0. The van der Waals surface area contributed by atoms with E-state index in [0.29, 0.717) is 22.6 Å². The molecule has 0 atom stereocenters. The number of anilines is 3. The maximum atomic E-state index is 13.1. The molecule has 1 aliphatic heterocycles. The van der Waals surface area contributed by atoms with Crippen molar-refractivity contribution in [3.05, 3.63) is 89.5 Å². The van der Waals surface area contributed by atoms with E-state index in [-0.39, 0.29) is 16.8 Å². The molecule has 0 fully saturated rings. The van der Waals surface area contributed by atoms with Crippen molar-refractivity contribution < 1.29 is 26.4 Å². The van der Waals surface area contributed by atoms with Gasteiger partial charge in [0.25, 0.3) is 5.91 Å². The van der Waals surface area contributed by atoms with Crippen LogP contribution >= 0.6 is 0 Å². The number of carbonyl (C=O) groups is 1. The van der Waals surface area contributed by atoms with E-state index in [9.17, 15) is 26.4 Å². The molecule has 0 saturated carbocycles. The smallest absolute Gasteiger partial charge is 0.354 e. The summed E-state index contributed by atoms with van der Waals surface area (Å²) in [5, 5.41) is 6.00. The lowest BCUT2D eigenvalue weighted by Crippen LogP contribution is -2.29. The third kappa shape index (κ3) is 5.84. The summed E-state index contributed by atoms with van der Waals surface area (Å²) in [4.78, 5) is 15.4. The predicted molar refractivity (Wildman–Crippen MR) is 144 cm³/mol. The number of nitrogens with one attached hydrogen (secondary N) is 3. The van der Waals surface area contributed by atoms with Crippen LogP contribution in [-0.4, -0.2) is 37.8 Å². The van der Waals surface area contributed by atoms with Gasteiger partial charge in [-0.2, -0.15) is 21.6 Å². The van der Waals surface area contributed by atoms with Crippen molar-refractivity contribution in [3.63, 3.8) is 0 Å². The van der Waals surface area contributed by atoms with Crippen LogP contribution in [0.15, 0.2) is 72.8 Å². The highest BCUT2D eigenvalue weighted by Crippen LogP contribution is 2.39. The third-order valence-corrected chi connectivity index (χ3v) is 7.27. The number of nitrogens with zero attached hydrogens (tertiary/aromatic N) is 1. The molecular formula is C27H27F3N4O3S. The average molecular weight is 545 g/mol. The Labute approximate surface area is 219 Å². The van der Waals surface area contributed by atoms with Gasteiger partial charge < -0.3 is 10.6 Å². The molecule has 7 nitrogen and oxygen atoms in total. The van der Waals surface area contributed by atoms with Crippen LogP contribution in [0.1, 0.15) is 30.5 Å². The highest BCUT2D eigenvalue weighted by Gasteiger charge is 2.46. The zero-order chi connectivity index (χ0) is 27.5. The van der Waals surface area contributed by atoms with Crippen molar-refractivity contribution in [2.75, 3.05) is 28.4 Å². The fourth-order valence-corrected chi connectivity index (χ4v) is 4.67. The van der Waals surface area contributed by atoms with Gasteiger partial charge >= 0.3 is 15.5 Å². The number of alkyl halides is 3. The zero-order valence-electron chi connectivity index (χ0n) is 20.8. The first kappa shape index (κ1) is 27.2. The Hall–Kier alpha value is -3.83. The van der Waals surface area contributed by atoms with Gasteiger partial charge in [0.15, 0.2) is 0 Å². The van der Waals surface area contributed by atoms with E-state index in [2.05, 4.69) is 29.4 Å². The summed E-state index contributed by atoms with van der Waals surface area (Å²) in [5.41, 5.74) is -2.09. The highest BCUT2D eigenvalue weighted by molar-refractivity contribution is 7.93. The monoisotopic (exact) mass is 544 g/mol. The molecule has 0 aliphatic carbocycles. The van der Waals surface area contributed by atoms with E-state index in [1.54, 1.807) is 29.0 Å². The molecule has 38 heavy (non-hydrogen) atoms. The minimum atomic E-state index is -5.63. The molecule has 3 aromatic carbocycles. The van der Waals surface area contributed by atoms with E-state index in [0.717, 1.165) is 31.3 Å². The second-order valence-corrected chi connectivity index (χ2v) is 10.3. The van der Waals surface area contributed by atoms with Crippen molar-refractivity contribution in [2.45, 2.75) is 25.9 Å². The van der Waals surface area contributed by atoms with Crippen LogP contribution in [0.4, 0.5) is 30.2 Å². The summed E-state index contributed by atoms with van der Waals surface area (Å²) in [7, 11) is -5.63. The average Bonchev–Trinajstić information content (AvgIpc) is 3.21. The summed E-state index contributed by atoms with van der Waals surface area (Å²) in [6, 6.07) is 20.5. The van der Waals surface area contributed by atoms with Crippen LogP contribution in [0.25, 0.3) is 11.3 Å². The van der Waals surface area contributed by atoms with Crippen molar-refractivity contribution in [1.82, 2.24) is 4.90 Å². The third-order valence-electron chi connectivity index (χ3n) is 6.16. The van der Waals surface area contributed by atoms with Gasteiger partial charge in [0, 0.05) is 29.2 Å². The van der Waals surface area contributed by atoms with Gasteiger partial charge in [-0.15, -0.1) is 0 Å². The van der Waals surface area contributed by atoms with Gasteiger partial charge in [-0.05, 0) is 54.5 Å². The minimum Gasteiger partial charge on any atom is -0.354 e. The molecule has 0 bridgehead atoms. The predicted octanol–water partition coefficient (Wildman–Crippen LogP) is 5.72. The summed E-state index contributed by atoms with van der Waals surface area (Å²) in [5.74, 6) is -0.472. The number of fused-ring (bicyclic) bond motifs is 1. The van der Waals surface area contributed by atoms with Gasteiger partial charge in [-0.1, -0.05) is 56.3 Å². The van der Waals surface area contributed by atoms with Crippen molar-refractivity contribution in [2.24, 2.45) is 0 Å². The second kappa shape index (κ2) is 10.9. The van der Waals surface area contributed by atoms with Gasteiger partial charge in [0.1, 0.15) is 0 Å². The molecule has 0 spiro atoms. The number of sulfonamides is 1. The standard InChI is InChI=1S/C27H27F3N4O3S/c1-3-34(4-2)17-18-10-12-20(13-11-18)31-25(19-8-6-5-7-9-19)24-22-16-21(14-15-23(22)32-26(24)35)33-38(36,37)27(28,29)30/h5-16,31,33H,3-4,17H2,1-2H3,(H,32,35)/b25-24+. The van der Waals surface area contributed by atoms with Crippen LogP contribution < -0.4 is 15.4 Å². The molecule has 1 aliphatic rings. The van der Waals surface area contributed by atoms with Crippen molar-refractivity contribution in [3.8, 4) is 0 Å². The largest absolute Gasteiger partial charge is 0.516 e. The number of carbonyl (C=O) groups excluding carboxylic acids is 1. The Balaban J connectivity index is 1.75. The molecule has 4 rings (SSSR count). The molecular weight excluding hydrogens is 517 g/mol. The Morgan fingerprint density at radius 3 is 2.16 bits per heavy atom. The molecule has 1 amide bonds.